The standard InChI is InChI=1S/C26H28ClFN4O3S/c1-19-6-4-7-20(27)26(19)36(34,35)32-17-16-29-11-5-10-23(29)24(32)18-25(33)31-14-12-30(13-15-31)22-9-3-2-8-21(22)28/h2-11,24H,12-18H2,1H3. The number of sulfonamides is 1. The third-order valence-corrected chi connectivity index (χ3v) is 9.58. The van der Waals surface area contributed by atoms with E-state index in [1.165, 1.54) is 10.4 Å². The minimum absolute atomic E-state index is 0.0203. The van der Waals surface area contributed by atoms with Gasteiger partial charge in [-0.25, -0.2) is 12.8 Å². The zero-order chi connectivity index (χ0) is 25.4. The molecule has 1 atom stereocenters. The van der Waals surface area contributed by atoms with Gasteiger partial charge in [0.05, 0.1) is 16.8 Å². The number of nitrogens with zero attached hydrogens (tertiary/aromatic N) is 4. The van der Waals surface area contributed by atoms with Crippen molar-refractivity contribution < 1.29 is 17.6 Å². The zero-order valence-corrected chi connectivity index (χ0v) is 21.6. The van der Waals surface area contributed by atoms with Crippen molar-refractivity contribution in [3.8, 4) is 0 Å². The second-order valence-corrected chi connectivity index (χ2v) is 11.4. The second-order valence-electron chi connectivity index (χ2n) is 9.17. The van der Waals surface area contributed by atoms with Gasteiger partial charge in [-0.1, -0.05) is 35.9 Å². The number of piperazine rings is 1. The molecule has 3 aromatic rings. The van der Waals surface area contributed by atoms with Crippen LogP contribution in [0.25, 0.3) is 0 Å². The van der Waals surface area contributed by atoms with Crippen molar-refractivity contribution in [1.82, 2.24) is 13.8 Å². The van der Waals surface area contributed by atoms with Gasteiger partial charge in [0.25, 0.3) is 0 Å². The summed E-state index contributed by atoms with van der Waals surface area (Å²) in [6.45, 7) is 4.36. The normalized spacial score (nSPS) is 18.8. The highest BCUT2D eigenvalue weighted by Crippen LogP contribution is 2.37. The van der Waals surface area contributed by atoms with Crippen LogP contribution in [0, 0.1) is 12.7 Å². The largest absolute Gasteiger partial charge is 0.366 e. The van der Waals surface area contributed by atoms with E-state index in [1.54, 1.807) is 48.2 Å². The number of hydrogen-bond acceptors (Lipinski definition) is 4. The maximum Gasteiger partial charge on any atom is 0.245 e. The Morgan fingerprint density at radius 1 is 0.972 bits per heavy atom. The van der Waals surface area contributed by atoms with Gasteiger partial charge in [0.1, 0.15) is 10.7 Å². The van der Waals surface area contributed by atoms with Crippen molar-refractivity contribution in [3.05, 3.63) is 82.9 Å². The summed E-state index contributed by atoms with van der Waals surface area (Å²) in [5, 5.41) is 0.172. The Hall–Kier alpha value is -2.88. The molecule has 2 aliphatic rings. The molecule has 2 aliphatic heterocycles. The van der Waals surface area contributed by atoms with E-state index in [4.69, 9.17) is 11.6 Å². The Morgan fingerprint density at radius 2 is 1.72 bits per heavy atom. The third-order valence-electron chi connectivity index (χ3n) is 7.04. The minimum atomic E-state index is -3.95. The van der Waals surface area contributed by atoms with E-state index in [0.29, 0.717) is 44.0 Å². The highest BCUT2D eigenvalue weighted by Gasteiger charge is 2.40. The van der Waals surface area contributed by atoms with Crippen LogP contribution < -0.4 is 4.90 Å². The molecule has 7 nitrogen and oxygen atoms in total. The van der Waals surface area contributed by atoms with Gasteiger partial charge in [-0.15, -0.1) is 0 Å². The molecule has 0 radical (unpaired) electrons. The molecule has 0 aliphatic carbocycles. The summed E-state index contributed by atoms with van der Waals surface area (Å²) < 4.78 is 45.3. The molecule has 1 amide bonds. The number of para-hydroxylation sites is 1. The average molecular weight is 531 g/mol. The minimum Gasteiger partial charge on any atom is -0.366 e. The first-order valence-electron chi connectivity index (χ1n) is 12.0. The Kier molecular flexibility index (Phi) is 6.80. The third kappa shape index (κ3) is 4.51. The molecule has 3 heterocycles. The number of carbonyl (C=O) groups excluding carboxylic acids is 1. The topological polar surface area (TPSA) is 65.9 Å². The fourth-order valence-electron chi connectivity index (χ4n) is 5.20. The summed E-state index contributed by atoms with van der Waals surface area (Å²) in [5.74, 6) is -0.408. The lowest BCUT2D eigenvalue weighted by Gasteiger charge is -2.39. The number of fused-ring (bicyclic) bond motifs is 1. The fourth-order valence-corrected chi connectivity index (χ4v) is 7.57. The summed E-state index contributed by atoms with van der Waals surface area (Å²) in [4.78, 5) is 17.2. The van der Waals surface area contributed by atoms with Crippen molar-refractivity contribution in [1.29, 1.82) is 0 Å². The van der Waals surface area contributed by atoms with Gasteiger partial charge in [-0.3, -0.25) is 4.79 Å². The number of halogens is 2. The van der Waals surface area contributed by atoms with Gasteiger partial charge >= 0.3 is 0 Å². The van der Waals surface area contributed by atoms with Crippen LogP contribution in [-0.2, 0) is 21.4 Å². The Morgan fingerprint density at radius 3 is 2.44 bits per heavy atom. The van der Waals surface area contributed by atoms with Crippen LogP contribution in [0.15, 0.2) is 65.7 Å². The number of carbonyl (C=O) groups is 1. The van der Waals surface area contributed by atoms with Gasteiger partial charge in [0, 0.05) is 57.6 Å². The summed E-state index contributed by atoms with van der Waals surface area (Å²) in [7, 11) is -3.95. The molecule has 0 saturated carbocycles. The Balaban J connectivity index is 1.37. The molecular formula is C26H28ClFN4O3S. The average Bonchev–Trinajstić information content (AvgIpc) is 3.34. The Labute approximate surface area is 215 Å². The van der Waals surface area contributed by atoms with Crippen LogP contribution in [0.4, 0.5) is 10.1 Å². The van der Waals surface area contributed by atoms with Gasteiger partial charge in [0.2, 0.25) is 15.9 Å². The predicted octanol–water partition coefficient (Wildman–Crippen LogP) is 4.07. The molecule has 2 aromatic carbocycles. The van der Waals surface area contributed by atoms with E-state index in [0.717, 1.165) is 5.69 Å². The van der Waals surface area contributed by atoms with Gasteiger partial charge in [-0.05, 0) is 42.8 Å². The van der Waals surface area contributed by atoms with Crippen molar-refractivity contribution >= 4 is 33.2 Å². The van der Waals surface area contributed by atoms with Crippen LogP contribution in [0.2, 0.25) is 5.02 Å². The molecule has 1 saturated heterocycles. The molecular weight excluding hydrogens is 503 g/mol. The number of aromatic nitrogens is 1. The highest BCUT2D eigenvalue weighted by molar-refractivity contribution is 7.89. The molecule has 0 N–H and O–H groups in total. The molecule has 1 fully saturated rings. The van der Waals surface area contributed by atoms with E-state index in [1.807, 2.05) is 27.8 Å². The molecule has 1 aromatic heterocycles. The quantitative estimate of drug-likeness (QED) is 0.499. The number of hydrogen-bond donors (Lipinski definition) is 0. The molecule has 5 rings (SSSR count). The molecule has 1 unspecified atom stereocenters. The van der Waals surface area contributed by atoms with Gasteiger partial charge in [0.15, 0.2) is 0 Å². The van der Waals surface area contributed by atoms with E-state index < -0.39 is 16.1 Å². The number of aryl methyl sites for hydroxylation is 1. The van der Waals surface area contributed by atoms with E-state index in [2.05, 4.69) is 0 Å². The maximum atomic E-state index is 14.2. The smallest absolute Gasteiger partial charge is 0.245 e. The van der Waals surface area contributed by atoms with Crippen molar-refractivity contribution in [2.45, 2.75) is 30.8 Å². The Bertz CT molecular complexity index is 1370. The first kappa shape index (κ1) is 24.8. The molecule has 36 heavy (non-hydrogen) atoms. The van der Waals surface area contributed by atoms with Crippen molar-refractivity contribution in [3.63, 3.8) is 0 Å². The fraction of sp³-hybridized carbons (Fsp3) is 0.346. The summed E-state index contributed by atoms with van der Waals surface area (Å²) in [6.07, 6.45) is 1.93. The van der Waals surface area contributed by atoms with Gasteiger partial charge in [-0.2, -0.15) is 4.31 Å². The number of anilines is 1. The van der Waals surface area contributed by atoms with Crippen LogP contribution in [0.3, 0.4) is 0 Å². The van der Waals surface area contributed by atoms with E-state index in [-0.39, 0.29) is 34.6 Å². The molecule has 0 spiro atoms. The number of rotatable bonds is 5. The van der Waals surface area contributed by atoms with Crippen molar-refractivity contribution in [2.75, 3.05) is 37.6 Å². The second kappa shape index (κ2) is 9.88. The highest BCUT2D eigenvalue weighted by atomic mass is 35.5. The lowest BCUT2D eigenvalue weighted by atomic mass is 10.1. The summed E-state index contributed by atoms with van der Waals surface area (Å²) in [5.41, 5.74) is 1.88. The van der Waals surface area contributed by atoms with Crippen LogP contribution in [0.1, 0.15) is 23.7 Å². The monoisotopic (exact) mass is 530 g/mol. The van der Waals surface area contributed by atoms with E-state index in [9.17, 15) is 17.6 Å². The molecule has 10 heteroatoms. The first-order valence-corrected chi connectivity index (χ1v) is 13.8. The maximum absolute atomic E-state index is 14.2. The lowest BCUT2D eigenvalue weighted by Crippen LogP contribution is -2.50. The van der Waals surface area contributed by atoms with Crippen LogP contribution >= 0.6 is 11.6 Å². The molecule has 190 valence electrons. The summed E-state index contributed by atoms with van der Waals surface area (Å²) in [6, 6.07) is 14.7. The molecule has 0 bridgehead atoms. The summed E-state index contributed by atoms with van der Waals surface area (Å²) >= 11 is 6.35. The van der Waals surface area contributed by atoms with Crippen LogP contribution in [-0.4, -0.2) is 60.8 Å². The lowest BCUT2D eigenvalue weighted by molar-refractivity contribution is -0.132. The van der Waals surface area contributed by atoms with E-state index >= 15 is 0 Å². The predicted molar refractivity (Wildman–Crippen MR) is 137 cm³/mol. The zero-order valence-electron chi connectivity index (χ0n) is 20.0. The van der Waals surface area contributed by atoms with Crippen LogP contribution in [0.5, 0.6) is 0 Å². The SMILES string of the molecule is Cc1cccc(Cl)c1S(=O)(=O)N1CCn2cccc2C1CC(=O)N1CCN(c2ccccc2F)CC1. The number of benzene rings is 2. The number of amides is 1. The van der Waals surface area contributed by atoms with Crippen molar-refractivity contribution in [2.24, 2.45) is 0 Å². The van der Waals surface area contributed by atoms with Gasteiger partial charge < -0.3 is 14.4 Å². The first-order chi connectivity index (χ1) is 17.3.